The van der Waals surface area contributed by atoms with E-state index in [4.69, 9.17) is 12.2 Å². The molecule has 5 nitrogen and oxygen atoms in total. The molecule has 0 aromatic carbocycles. The number of hydrogen-bond donors (Lipinski definition) is 1. The molecule has 0 aliphatic rings. The zero-order valence-electron chi connectivity index (χ0n) is 10.0. The van der Waals surface area contributed by atoms with Crippen LogP contribution in [0.2, 0.25) is 0 Å². The maximum atomic E-state index is 11.7. The smallest absolute Gasteiger partial charge is 0.242 e. The number of likely N-dealkylation sites (N-methyl/N-ethyl adjacent to an activating group) is 1. The third-order valence-corrected chi connectivity index (χ3v) is 2.99. The summed E-state index contributed by atoms with van der Waals surface area (Å²) in [7, 11) is 3.44. The van der Waals surface area contributed by atoms with Gasteiger partial charge in [-0.05, 0) is 30.8 Å². The molecule has 0 aliphatic carbocycles. The lowest BCUT2D eigenvalue weighted by Gasteiger charge is -2.10. The molecule has 1 N–H and O–H groups in total. The zero-order valence-corrected chi connectivity index (χ0v) is 10.8. The van der Waals surface area contributed by atoms with Crippen molar-refractivity contribution < 1.29 is 4.79 Å². The largest absolute Gasteiger partial charge is 0.347 e. The normalized spacial score (nSPS) is 10.8. The van der Waals surface area contributed by atoms with E-state index in [-0.39, 0.29) is 12.5 Å². The lowest BCUT2D eigenvalue weighted by molar-refractivity contribution is -0.129. The van der Waals surface area contributed by atoms with Gasteiger partial charge in [-0.25, -0.2) is 4.98 Å². The maximum Gasteiger partial charge on any atom is 0.242 e. The van der Waals surface area contributed by atoms with E-state index in [1.54, 1.807) is 24.9 Å². The highest BCUT2D eigenvalue weighted by Crippen LogP contribution is 2.15. The van der Waals surface area contributed by atoms with Gasteiger partial charge in [-0.2, -0.15) is 0 Å². The van der Waals surface area contributed by atoms with Crippen LogP contribution in [0.15, 0.2) is 12.3 Å². The van der Waals surface area contributed by atoms with Gasteiger partial charge in [0, 0.05) is 20.3 Å². The molecule has 0 unspecified atom stereocenters. The lowest BCUT2D eigenvalue weighted by atomic mass is 10.3. The first-order valence-electron chi connectivity index (χ1n) is 5.25. The maximum absolute atomic E-state index is 11.7. The van der Waals surface area contributed by atoms with Crippen molar-refractivity contribution in [2.24, 2.45) is 0 Å². The monoisotopic (exact) mass is 250 g/mol. The number of carbonyl (C=O) groups excluding carboxylic acids is 1. The third-order valence-electron chi connectivity index (χ3n) is 2.66. The second-order valence-corrected chi connectivity index (χ2v) is 4.52. The van der Waals surface area contributed by atoms with Crippen LogP contribution in [0.3, 0.4) is 0 Å². The Morgan fingerprint density at radius 3 is 2.94 bits per heavy atom. The quantitative estimate of drug-likeness (QED) is 0.822. The Hall–Kier alpha value is -1.69. The predicted molar refractivity (Wildman–Crippen MR) is 68.3 cm³/mol. The summed E-state index contributed by atoms with van der Waals surface area (Å²) < 4.78 is 2.25. The third kappa shape index (κ3) is 2.08. The number of pyridine rings is 1. The highest BCUT2D eigenvalue weighted by Gasteiger charge is 2.11. The van der Waals surface area contributed by atoms with E-state index in [9.17, 15) is 4.79 Å². The van der Waals surface area contributed by atoms with Crippen LogP contribution in [0.5, 0.6) is 0 Å². The van der Waals surface area contributed by atoms with Gasteiger partial charge in [-0.15, -0.1) is 0 Å². The minimum atomic E-state index is -0.00898. The van der Waals surface area contributed by atoms with Crippen LogP contribution < -0.4 is 0 Å². The van der Waals surface area contributed by atoms with Crippen LogP contribution >= 0.6 is 12.2 Å². The van der Waals surface area contributed by atoms with Crippen molar-refractivity contribution >= 4 is 29.3 Å². The van der Waals surface area contributed by atoms with Gasteiger partial charge < -0.3 is 9.88 Å². The number of aromatic amines is 1. The van der Waals surface area contributed by atoms with Crippen LogP contribution in [0.25, 0.3) is 11.2 Å². The fraction of sp³-hybridized carbons (Fsp3) is 0.364. The number of hydrogen-bond acceptors (Lipinski definition) is 3. The second kappa shape index (κ2) is 4.29. The lowest BCUT2D eigenvalue weighted by Crippen LogP contribution is -2.26. The van der Waals surface area contributed by atoms with E-state index in [1.807, 2.05) is 13.0 Å². The number of carbonyl (C=O) groups is 1. The highest BCUT2D eigenvalue weighted by molar-refractivity contribution is 7.71. The average molecular weight is 250 g/mol. The summed E-state index contributed by atoms with van der Waals surface area (Å²) in [5.41, 5.74) is 2.69. The van der Waals surface area contributed by atoms with Gasteiger partial charge in [0.05, 0.1) is 5.52 Å². The molecule has 0 atom stereocenters. The number of aromatic nitrogens is 3. The molecular weight excluding hydrogens is 236 g/mol. The van der Waals surface area contributed by atoms with E-state index in [0.29, 0.717) is 4.77 Å². The van der Waals surface area contributed by atoms with Gasteiger partial charge in [0.25, 0.3) is 0 Å². The van der Waals surface area contributed by atoms with Gasteiger partial charge in [0.2, 0.25) is 5.91 Å². The van der Waals surface area contributed by atoms with Crippen molar-refractivity contribution in [2.75, 3.05) is 14.1 Å². The van der Waals surface area contributed by atoms with Crippen LogP contribution in [0, 0.1) is 11.7 Å². The molecule has 0 bridgehead atoms. The molecule has 0 saturated carbocycles. The van der Waals surface area contributed by atoms with E-state index >= 15 is 0 Å². The first-order chi connectivity index (χ1) is 8.00. The molecule has 0 saturated heterocycles. The summed E-state index contributed by atoms with van der Waals surface area (Å²) in [5.74, 6) is -0.00898. The molecule has 2 heterocycles. The van der Waals surface area contributed by atoms with Crippen LogP contribution in [-0.2, 0) is 11.3 Å². The molecule has 0 radical (unpaired) electrons. The van der Waals surface area contributed by atoms with Crippen LogP contribution in [0.4, 0.5) is 0 Å². The Balaban J connectivity index is 2.55. The molecule has 2 aromatic heterocycles. The van der Waals surface area contributed by atoms with Crippen molar-refractivity contribution in [3.05, 3.63) is 22.6 Å². The fourth-order valence-corrected chi connectivity index (χ4v) is 1.85. The minimum absolute atomic E-state index is 0.00898. The molecule has 2 aromatic rings. The Morgan fingerprint density at radius 2 is 2.29 bits per heavy atom. The molecule has 6 heteroatoms. The van der Waals surface area contributed by atoms with Crippen molar-refractivity contribution in [2.45, 2.75) is 13.5 Å². The highest BCUT2D eigenvalue weighted by atomic mass is 32.1. The number of imidazole rings is 1. The summed E-state index contributed by atoms with van der Waals surface area (Å²) in [5, 5.41) is 0. The number of H-pyrrole nitrogens is 1. The number of nitrogens with one attached hydrogen (secondary N) is 1. The molecule has 90 valence electrons. The molecule has 1 amide bonds. The van der Waals surface area contributed by atoms with Gasteiger partial charge in [-0.1, -0.05) is 0 Å². The zero-order chi connectivity index (χ0) is 12.6. The molecule has 0 fully saturated rings. The predicted octanol–water partition coefficient (Wildman–Crippen LogP) is 1.49. The second-order valence-electron chi connectivity index (χ2n) is 4.13. The van der Waals surface area contributed by atoms with Crippen molar-refractivity contribution in [3.8, 4) is 0 Å². The van der Waals surface area contributed by atoms with Crippen molar-refractivity contribution in [1.29, 1.82) is 0 Å². The summed E-state index contributed by atoms with van der Waals surface area (Å²) in [6.07, 6.45) is 1.72. The van der Waals surface area contributed by atoms with Crippen LogP contribution in [-0.4, -0.2) is 39.4 Å². The molecule has 0 aliphatic heterocycles. The summed E-state index contributed by atoms with van der Waals surface area (Å²) in [6, 6.07) is 1.91. The SMILES string of the molecule is Cc1ccnc2c1[nH]c(=S)n2CC(=O)N(C)C. The van der Waals surface area contributed by atoms with E-state index in [2.05, 4.69) is 9.97 Å². The standard InChI is InChI=1S/C11H14N4OS/c1-7-4-5-12-10-9(7)13-11(17)15(10)6-8(16)14(2)3/h4-5H,6H2,1-3H3,(H,13,17). The topological polar surface area (TPSA) is 53.9 Å². The first kappa shape index (κ1) is 11.8. The number of rotatable bonds is 2. The molecule has 0 spiro atoms. The molecular formula is C11H14N4OS. The fourth-order valence-electron chi connectivity index (χ4n) is 1.60. The van der Waals surface area contributed by atoms with E-state index < -0.39 is 0 Å². The van der Waals surface area contributed by atoms with Gasteiger partial charge >= 0.3 is 0 Å². The summed E-state index contributed by atoms with van der Waals surface area (Å²) in [4.78, 5) is 20.6. The minimum Gasteiger partial charge on any atom is -0.347 e. The number of nitrogens with zero attached hydrogens (tertiary/aromatic N) is 3. The van der Waals surface area contributed by atoms with Crippen molar-refractivity contribution in [3.63, 3.8) is 0 Å². The number of fused-ring (bicyclic) bond motifs is 1. The Morgan fingerprint density at radius 1 is 1.59 bits per heavy atom. The van der Waals surface area contributed by atoms with Gasteiger partial charge in [0.1, 0.15) is 6.54 Å². The summed E-state index contributed by atoms with van der Waals surface area (Å²) >= 11 is 5.21. The average Bonchev–Trinajstić information content (AvgIpc) is 2.58. The first-order valence-corrected chi connectivity index (χ1v) is 5.66. The number of amides is 1. The van der Waals surface area contributed by atoms with E-state index in [0.717, 1.165) is 16.7 Å². The molecule has 17 heavy (non-hydrogen) atoms. The van der Waals surface area contributed by atoms with Crippen LogP contribution in [0.1, 0.15) is 5.56 Å². The molecule has 2 rings (SSSR count). The number of aryl methyl sites for hydroxylation is 1. The Labute approximate surface area is 104 Å². The Kier molecular flexibility index (Phi) is 2.97. The Bertz CT molecular complexity index is 626. The summed E-state index contributed by atoms with van der Waals surface area (Å²) in [6.45, 7) is 2.19. The van der Waals surface area contributed by atoms with Gasteiger partial charge in [-0.3, -0.25) is 9.36 Å². The van der Waals surface area contributed by atoms with Crippen molar-refractivity contribution in [1.82, 2.24) is 19.4 Å². The van der Waals surface area contributed by atoms with Gasteiger partial charge in [0.15, 0.2) is 10.4 Å². The van der Waals surface area contributed by atoms with E-state index in [1.165, 1.54) is 4.90 Å².